The van der Waals surface area contributed by atoms with Crippen LogP contribution in [0.5, 0.6) is 0 Å². The Hall–Kier alpha value is -1.80. The predicted molar refractivity (Wildman–Crippen MR) is 66.5 cm³/mol. The van der Waals surface area contributed by atoms with Crippen molar-refractivity contribution < 1.29 is 4.42 Å². The molecule has 0 saturated carbocycles. The van der Waals surface area contributed by atoms with Crippen molar-refractivity contribution in [2.45, 2.75) is 6.54 Å². The van der Waals surface area contributed by atoms with E-state index in [4.69, 9.17) is 4.42 Å². The second kappa shape index (κ2) is 3.65. The predicted octanol–water partition coefficient (Wildman–Crippen LogP) is 3.31. The van der Waals surface area contributed by atoms with Crippen molar-refractivity contribution >= 4 is 21.9 Å². The zero-order valence-corrected chi connectivity index (χ0v) is 9.16. The topological polar surface area (TPSA) is 25.2 Å². The molecular weight excluding hydrogens is 198 g/mol. The molecule has 0 saturated heterocycles. The first kappa shape index (κ1) is 9.43. The van der Waals surface area contributed by atoms with Crippen LogP contribution in [0.3, 0.4) is 0 Å². The van der Waals surface area contributed by atoms with Gasteiger partial charge in [0, 0.05) is 17.3 Å². The number of benzene rings is 2. The van der Waals surface area contributed by atoms with Gasteiger partial charge in [-0.05, 0) is 24.7 Å². The summed E-state index contributed by atoms with van der Waals surface area (Å²) >= 11 is 0. The molecule has 3 aromatic rings. The summed E-state index contributed by atoms with van der Waals surface area (Å²) in [6.45, 7) is 0.862. The maximum absolute atomic E-state index is 5.81. The van der Waals surface area contributed by atoms with Gasteiger partial charge in [-0.15, -0.1) is 0 Å². The standard InChI is InChI=1S/C14H13NO/c1-15-9-10-5-4-8-13-14(10)11-6-2-3-7-12(11)16-13/h2-8,15H,9H2,1H3. The maximum Gasteiger partial charge on any atom is 0.135 e. The Bertz CT molecular complexity index is 639. The monoisotopic (exact) mass is 211 g/mol. The van der Waals surface area contributed by atoms with E-state index in [0.717, 1.165) is 17.7 Å². The average Bonchev–Trinajstić information content (AvgIpc) is 2.68. The van der Waals surface area contributed by atoms with Gasteiger partial charge < -0.3 is 9.73 Å². The molecule has 3 rings (SSSR count). The smallest absolute Gasteiger partial charge is 0.135 e. The summed E-state index contributed by atoms with van der Waals surface area (Å²) in [6, 6.07) is 14.4. The number of fused-ring (bicyclic) bond motifs is 3. The van der Waals surface area contributed by atoms with Crippen LogP contribution in [0.25, 0.3) is 21.9 Å². The minimum absolute atomic E-state index is 0.862. The van der Waals surface area contributed by atoms with Crippen molar-refractivity contribution in [3.63, 3.8) is 0 Å². The molecule has 0 aliphatic carbocycles. The van der Waals surface area contributed by atoms with Crippen LogP contribution in [0, 0.1) is 0 Å². The lowest BCUT2D eigenvalue weighted by Crippen LogP contribution is -2.04. The highest BCUT2D eigenvalue weighted by molar-refractivity contribution is 6.06. The van der Waals surface area contributed by atoms with Gasteiger partial charge in [0.15, 0.2) is 0 Å². The molecule has 80 valence electrons. The molecule has 1 N–H and O–H groups in total. The Morgan fingerprint density at radius 1 is 1.00 bits per heavy atom. The van der Waals surface area contributed by atoms with E-state index in [9.17, 15) is 0 Å². The van der Waals surface area contributed by atoms with E-state index >= 15 is 0 Å². The average molecular weight is 211 g/mol. The molecule has 0 bridgehead atoms. The van der Waals surface area contributed by atoms with Crippen LogP contribution in [0.15, 0.2) is 46.9 Å². The Kier molecular flexibility index (Phi) is 2.15. The third-order valence-electron chi connectivity index (χ3n) is 2.86. The first-order valence-electron chi connectivity index (χ1n) is 5.44. The molecule has 0 amide bonds. The van der Waals surface area contributed by atoms with Gasteiger partial charge >= 0.3 is 0 Å². The fraction of sp³-hybridized carbons (Fsp3) is 0.143. The van der Waals surface area contributed by atoms with Gasteiger partial charge in [-0.3, -0.25) is 0 Å². The summed E-state index contributed by atoms with van der Waals surface area (Å²) in [5.74, 6) is 0. The van der Waals surface area contributed by atoms with E-state index in [1.807, 2.05) is 37.4 Å². The van der Waals surface area contributed by atoms with Crippen molar-refractivity contribution in [2.75, 3.05) is 7.05 Å². The molecule has 1 aromatic heterocycles. The number of hydrogen-bond acceptors (Lipinski definition) is 2. The van der Waals surface area contributed by atoms with Gasteiger partial charge in [0.1, 0.15) is 11.2 Å². The Balaban J connectivity index is 2.43. The van der Waals surface area contributed by atoms with Crippen LogP contribution in [-0.4, -0.2) is 7.05 Å². The Morgan fingerprint density at radius 2 is 1.81 bits per heavy atom. The molecular formula is C14H13NO. The molecule has 2 nitrogen and oxygen atoms in total. The van der Waals surface area contributed by atoms with Gasteiger partial charge in [-0.2, -0.15) is 0 Å². The normalized spacial score (nSPS) is 11.3. The first-order chi connectivity index (χ1) is 7.90. The number of rotatable bonds is 2. The van der Waals surface area contributed by atoms with Crippen molar-refractivity contribution in [3.8, 4) is 0 Å². The highest BCUT2D eigenvalue weighted by atomic mass is 16.3. The van der Waals surface area contributed by atoms with Crippen LogP contribution in [0.2, 0.25) is 0 Å². The second-order valence-electron chi connectivity index (χ2n) is 3.92. The third-order valence-corrected chi connectivity index (χ3v) is 2.86. The van der Waals surface area contributed by atoms with Gasteiger partial charge in [0.25, 0.3) is 0 Å². The fourth-order valence-electron chi connectivity index (χ4n) is 2.19. The van der Waals surface area contributed by atoms with E-state index in [2.05, 4.69) is 17.4 Å². The maximum atomic E-state index is 5.81. The van der Waals surface area contributed by atoms with Crippen molar-refractivity contribution in [1.29, 1.82) is 0 Å². The molecule has 2 heteroatoms. The SMILES string of the molecule is CNCc1cccc2oc3ccccc3c12. The van der Waals surface area contributed by atoms with Crippen molar-refractivity contribution in [3.05, 3.63) is 48.0 Å². The first-order valence-corrected chi connectivity index (χ1v) is 5.44. The minimum atomic E-state index is 0.862. The van der Waals surface area contributed by atoms with Gasteiger partial charge in [0.05, 0.1) is 0 Å². The molecule has 0 aliphatic rings. The number of nitrogens with one attached hydrogen (secondary N) is 1. The third kappa shape index (κ3) is 1.31. The molecule has 0 atom stereocenters. The van der Waals surface area contributed by atoms with E-state index in [1.165, 1.54) is 16.3 Å². The minimum Gasteiger partial charge on any atom is -0.456 e. The summed E-state index contributed by atoms with van der Waals surface area (Å²) in [5, 5.41) is 5.62. The quantitative estimate of drug-likeness (QED) is 0.703. The van der Waals surface area contributed by atoms with Crippen LogP contribution >= 0.6 is 0 Å². The summed E-state index contributed by atoms with van der Waals surface area (Å²) in [4.78, 5) is 0. The van der Waals surface area contributed by atoms with Crippen molar-refractivity contribution in [2.24, 2.45) is 0 Å². The van der Waals surface area contributed by atoms with E-state index in [-0.39, 0.29) is 0 Å². The lowest BCUT2D eigenvalue weighted by atomic mass is 10.1. The van der Waals surface area contributed by atoms with Gasteiger partial charge in [0.2, 0.25) is 0 Å². The van der Waals surface area contributed by atoms with Crippen LogP contribution < -0.4 is 5.32 Å². The molecule has 0 aliphatic heterocycles. The zero-order chi connectivity index (χ0) is 11.0. The lowest BCUT2D eigenvalue weighted by molar-refractivity contribution is 0.668. The summed E-state index contributed by atoms with van der Waals surface area (Å²) in [7, 11) is 1.96. The molecule has 0 fully saturated rings. The largest absolute Gasteiger partial charge is 0.456 e. The number of furan rings is 1. The molecule has 2 aromatic carbocycles. The number of para-hydroxylation sites is 1. The van der Waals surface area contributed by atoms with Crippen molar-refractivity contribution in [1.82, 2.24) is 5.32 Å². The lowest BCUT2D eigenvalue weighted by Gasteiger charge is -2.01. The molecule has 0 radical (unpaired) electrons. The molecule has 16 heavy (non-hydrogen) atoms. The van der Waals surface area contributed by atoms with E-state index < -0.39 is 0 Å². The van der Waals surface area contributed by atoms with Crippen LogP contribution in [0.4, 0.5) is 0 Å². The fourth-order valence-corrected chi connectivity index (χ4v) is 2.19. The second-order valence-corrected chi connectivity index (χ2v) is 3.92. The highest BCUT2D eigenvalue weighted by Gasteiger charge is 2.09. The summed E-state index contributed by atoms with van der Waals surface area (Å²) in [5.41, 5.74) is 3.21. The Labute approximate surface area is 93.9 Å². The molecule has 0 spiro atoms. The summed E-state index contributed by atoms with van der Waals surface area (Å²) < 4.78 is 5.81. The van der Waals surface area contributed by atoms with E-state index in [0.29, 0.717) is 0 Å². The Morgan fingerprint density at radius 3 is 2.69 bits per heavy atom. The van der Waals surface area contributed by atoms with E-state index in [1.54, 1.807) is 0 Å². The zero-order valence-electron chi connectivity index (χ0n) is 9.16. The molecule has 1 heterocycles. The van der Waals surface area contributed by atoms with Crippen LogP contribution in [-0.2, 0) is 6.54 Å². The molecule has 0 unspecified atom stereocenters. The highest BCUT2D eigenvalue weighted by Crippen LogP contribution is 2.30. The van der Waals surface area contributed by atoms with Crippen LogP contribution in [0.1, 0.15) is 5.56 Å². The number of hydrogen-bond donors (Lipinski definition) is 1. The van der Waals surface area contributed by atoms with Gasteiger partial charge in [-0.1, -0.05) is 30.3 Å². The summed E-state index contributed by atoms with van der Waals surface area (Å²) in [6.07, 6.45) is 0. The van der Waals surface area contributed by atoms with Gasteiger partial charge in [-0.25, -0.2) is 0 Å².